The number of ether oxygens (including phenoxy) is 1. The van der Waals surface area contributed by atoms with Crippen LogP contribution in [0.15, 0.2) is 48.8 Å². The van der Waals surface area contributed by atoms with Crippen molar-refractivity contribution >= 4 is 11.5 Å². The number of carboxylic acid groups (broad SMARTS) is 1. The maximum absolute atomic E-state index is 11.2. The first-order valence-electron chi connectivity index (χ1n) is 6.50. The molecule has 106 valence electrons. The molecule has 3 rings (SSSR count). The molecule has 0 bridgehead atoms. The molecule has 0 radical (unpaired) electrons. The van der Waals surface area contributed by atoms with Crippen LogP contribution in [0.4, 0.5) is 0 Å². The molecule has 21 heavy (non-hydrogen) atoms. The summed E-state index contributed by atoms with van der Waals surface area (Å²) in [5.74, 6) is 0.634. The molecule has 2 aromatic heterocycles. The van der Waals surface area contributed by atoms with Crippen molar-refractivity contribution in [3.05, 3.63) is 65.7 Å². The Hall–Kier alpha value is -2.82. The van der Waals surface area contributed by atoms with Crippen LogP contribution in [-0.4, -0.2) is 27.6 Å². The standard InChI is InChI=1S/C16H14N2O3/c1-21-12-5-2-4-11(8-12)9-15-17-10-14-13(16(19)20)6-3-7-18(14)15/h2-8,10H,9H2,1H3,(H,19,20). The highest BCUT2D eigenvalue weighted by Crippen LogP contribution is 2.18. The minimum absolute atomic E-state index is 0.252. The van der Waals surface area contributed by atoms with Gasteiger partial charge >= 0.3 is 5.97 Å². The number of rotatable bonds is 4. The Morgan fingerprint density at radius 3 is 2.95 bits per heavy atom. The highest BCUT2D eigenvalue weighted by atomic mass is 16.5. The van der Waals surface area contributed by atoms with Crippen molar-refractivity contribution in [1.82, 2.24) is 9.38 Å². The SMILES string of the molecule is COc1cccc(Cc2ncc3c(C(=O)O)cccn23)c1. The third kappa shape index (κ3) is 2.45. The molecule has 0 amide bonds. The second kappa shape index (κ2) is 5.28. The lowest BCUT2D eigenvalue weighted by Crippen LogP contribution is -2.01. The van der Waals surface area contributed by atoms with Crippen LogP contribution in [0.1, 0.15) is 21.7 Å². The molecule has 5 nitrogen and oxygen atoms in total. The molecule has 1 aromatic carbocycles. The van der Waals surface area contributed by atoms with E-state index in [9.17, 15) is 9.90 Å². The van der Waals surface area contributed by atoms with E-state index in [2.05, 4.69) is 4.98 Å². The van der Waals surface area contributed by atoms with Crippen LogP contribution in [0, 0.1) is 0 Å². The molecule has 0 spiro atoms. The zero-order valence-electron chi connectivity index (χ0n) is 11.5. The third-order valence-corrected chi connectivity index (χ3v) is 3.37. The average molecular weight is 282 g/mol. The molecule has 2 heterocycles. The lowest BCUT2D eigenvalue weighted by atomic mass is 10.1. The van der Waals surface area contributed by atoms with E-state index in [0.717, 1.165) is 17.1 Å². The van der Waals surface area contributed by atoms with Gasteiger partial charge in [0, 0.05) is 12.6 Å². The van der Waals surface area contributed by atoms with Crippen molar-refractivity contribution in [2.45, 2.75) is 6.42 Å². The molecule has 3 aromatic rings. The van der Waals surface area contributed by atoms with E-state index in [4.69, 9.17) is 4.74 Å². The molecule has 0 unspecified atom stereocenters. The van der Waals surface area contributed by atoms with E-state index in [-0.39, 0.29) is 5.56 Å². The van der Waals surface area contributed by atoms with Crippen LogP contribution in [0.25, 0.3) is 5.52 Å². The zero-order valence-corrected chi connectivity index (χ0v) is 11.5. The summed E-state index contributed by atoms with van der Waals surface area (Å²) in [6.07, 6.45) is 4.03. The number of benzene rings is 1. The molecular formula is C16H14N2O3. The number of hydrogen-bond donors (Lipinski definition) is 1. The molecule has 1 N–H and O–H groups in total. The zero-order chi connectivity index (χ0) is 14.8. The van der Waals surface area contributed by atoms with Gasteiger partial charge in [-0.1, -0.05) is 12.1 Å². The number of nitrogens with zero attached hydrogens (tertiary/aromatic N) is 2. The summed E-state index contributed by atoms with van der Waals surface area (Å²) in [7, 11) is 1.63. The number of carboxylic acids is 1. The van der Waals surface area contributed by atoms with Crippen molar-refractivity contribution in [3.63, 3.8) is 0 Å². The maximum Gasteiger partial charge on any atom is 0.337 e. The van der Waals surface area contributed by atoms with Crippen molar-refractivity contribution in [2.75, 3.05) is 7.11 Å². The number of aromatic carboxylic acids is 1. The molecule has 0 fully saturated rings. The molecule has 0 saturated heterocycles. The molecule has 0 atom stereocenters. The number of hydrogen-bond acceptors (Lipinski definition) is 3. The Bertz CT molecular complexity index is 808. The number of pyridine rings is 1. The van der Waals surface area contributed by atoms with Gasteiger partial charge in [-0.25, -0.2) is 9.78 Å². The van der Waals surface area contributed by atoms with Crippen LogP contribution in [-0.2, 0) is 6.42 Å². The van der Waals surface area contributed by atoms with Crippen LogP contribution in [0.5, 0.6) is 5.75 Å². The van der Waals surface area contributed by atoms with Crippen LogP contribution in [0.3, 0.4) is 0 Å². The number of fused-ring (bicyclic) bond motifs is 1. The normalized spacial score (nSPS) is 10.7. The van der Waals surface area contributed by atoms with E-state index >= 15 is 0 Å². The monoisotopic (exact) mass is 282 g/mol. The first-order chi connectivity index (χ1) is 10.2. The van der Waals surface area contributed by atoms with Gasteiger partial charge < -0.3 is 14.2 Å². The Morgan fingerprint density at radius 1 is 1.33 bits per heavy atom. The van der Waals surface area contributed by atoms with Gasteiger partial charge in [0.15, 0.2) is 0 Å². The second-order valence-electron chi connectivity index (χ2n) is 4.68. The average Bonchev–Trinajstić information content (AvgIpc) is 2.90. The van der Waals surface area contributed by atoms with Crippen LogP contribution < -0.4 is 4.74 Å². The molecule has 0 aliphatic carbocycles. The fourth-order valence-corrected chi connectivity index (χ4v) is 2.35. The Morgan fingerprint density at radius 2 is 2.19 bits per heavy atom. The summed E-state index contributed by atoms with van der Waals surface area (Å²) < 4.78 is 7.02. The molecule has 5 heteroatoms. The Balaban J connectivity index is 2.01. The van der Waals surface area contributed by atoms with E-state index in [1.807, 2.05) is 34.9 Å². The second-order valence-corrected chi connectivity index (χ2v) is 4.68. The predicted octanol–water partition coefficient (Wildman–Crippen LogP) is 2.63. The van der Waals surface area contributed by atoms with Crippen molar-refractivity contribution < 1.29 is 14.6 Å². The van der Waals surface area contributed by atoms with Gasteiger partial charge in [0.05, 0.1) is 24.4 Å². The van der Waals surface area contributed by atoms with Crippen molar-refractivity contribution in [1.29, 1.82) is 0 Å². The smallest absolute Gasteiger partial charge is 0.337 e. The fraction of sp³-hybridized carbons (Fsp3) is 0.125. The lowest BCUT2D eigenvalue weighted by molar-refractivity contribution is 0.0698. The minimum Gasteiger partial charge on any atom is -0.497 e. The van der Waals surface area contributed by atoms with Gasteiger partial charge in [-0.05, 0) is 29.8 Å². The molecule has 0 saturated carbocycles. The first-order valence-corrected chi connectivity index (χ1v) is 6.50. The van der Waals surface area contributed by atoms with Gasteiger partial charge in [-0.15, -0.1) is 0 Å². The van der Waals surface area contributed by atoms with Crippen LogP contribution in [0.2, 0.25) is 0 Å². The van der Waals surface area contributed by atoms with Crippen molar-refractivity contribution in [3.8, 4) is 5.75 Å². The topological polar surface area (TPSA) is 63.8 Å². The summed E-state index contributed by atoms with van der Waals surface area (Å²) in [5, 5.41) is 9.19. The number of carbonyl (C=O) groups is 1. The Kier molecular flexibility index (Phi) is 3.31. The van der Waals surface area contributed by atoms with E-state index in [1.165, 1.54) is 0 Å². The molecule has 0 aliphatic rings. The quantitative estimate of drug-likeness (QED) is 0.799. The van der Waals surface area contributed by atoms with Crippen LogP contribution >= 0.6 is 0 Å². The fourth-order valence-electron chi connectivity index (χ4n) is 2.35. The van der Waals surface area contributed by atoms with E-state index < -0.39 is 5.97 Å². The largest absolute Gasteiger partial charge is 0.497 e. The van der Waals surface area contributed by atoms with Gasteiger partial charge in [0.25, 0.3) is 0 Å². The number of imidazole rings is 1. The summed E-state index contributed by atoms with van der Waals surface area (Å²) in [6.45, 7) is 0. The molecule has 0 aliphatic heterocycles. The predicted molar refractivity (Wildman–Crippen MR) is 78.0 cm³/mol. The summed E-state index contributed by atoms with van der Waals surface area (Å²) in [5.41, 5.74) is 1.91. The Labute approximate surface area is 121 Å². The van der Waals surface area contributed by atoms with Gasteiger partial charge in [-0.3, -0.25) is 0 Å². The van der Waals surface area contributed by atoms with Gasteiger partial charge in [0.1, 0.15) is 11.6 Å². The first kappa shape index (κ1) is 13.2. The summed E-state index contributed by atoms with van der Waals surface area (Å²) in [4.78, 5) is 15.6. The van der Waals surface area contributed by atoms with Crippen molar-refractivity contribution in [2.24, 2.45) is 0 Å². The summed E-state index contributed by atoms with van der Waals surface area (Å²) >= 11 is 0. The highest BCUT2D eigenvalue weighted by Gasteiger charge is 2.12. The van der Waals surface area contributed by atoms with Gasteiger partial charge in [0.2, 0.25) is 0 Å². The number of aromatic nitrogens is 2. The van der Waals surface area contributed by atoms with Gasteiger partial charge in [-0.2, -0.15) is 0 Å². The lowest BCUT2D eigenvalue weighted by Gasteiger charge is -2.05. The minimum atomic E-state index is -0.951. The number of methoxy groups -OCH3 is 1. The third-order valence-electron chi connectivity index (χ3n) is 3.37. The van der Waals surface area contributed by atoms with E-state index in [1.54, 1.807) is 25.4 Å². The summed E-state index contributed by atoms with van der Waals surface area (Å²) in [6, 6.07) is 11.0. The maximum atomic E-state index is 11.2. The highest BCUT2D eigenvalue weighted by molar-refractivity contribution is 5.95. The van der Waals surface area contributed by atoms with E-state index in [0.29, 0.717) is 11.9 Å². The molecular weight excluding hydrogens is 268 g/mol.